The molecule has 2 fully saturated rings. The number of benzene rings is 1. The molecule has 2 saturated heterocycles. The molecule has 2 aromatic rings. The molecule has 2 aliphatic rings. The zero-order chi connectivity index (χ0) is 19.9. The quantitative estimate of drug-likeness (QED) is 0.756. The summed E-state index contributed by atoms with van der Waals surface area (Å²) < 4.78 is 29.8. The summed E-state index contributed by atoms with van der Waals surface area (Å²) in [6.45, 7) is 3.96. The van der Waals surface area contributed by atoms with Gasteiger partial charge in [0.2, 0.25) is 15.9 Å². The fourth-order valence-corrected chi connectivity index (χ4v) is 6.85. The molecule has 28 heavy (non-hydrogen) atoms. The molecule has 0 spiro atoms. The number of fused-ring (bicyclic) bond motifs is 1. The molecular weight excluding hydrogens is 398 g/mol. The van der Waals surface area contributed by atoms with Crippen LogP contribution in [0.4, 0.5) is 0 Å². The summed E-state index contributed by atoms with van der Waals surface area (Å²) in [6, 6.07) is 4.78. The van der Waals surface area contributed by atoms with Crippen molar-refractivity contribution < 1.29 is 13.2 Å². The molecule has 0 N–H and O–H groups in total. The minimum absolute atomic E-state index is 0.00802. The topological polar surface area (TPSA) is 79.7 Å². The van der Waals surface area contributed by atoms with E-state index in [0.717, 1.165) is 56.5 Å². The zero-order valence-corrected chi connectivity index (χ0v) is 17.6. The highest BCUT2D eigenvalue weighted by Crippen LogP contribution is 2.28. The number of rotatable bonds is 4. The van der Waals surface area contributed by atoms with E-state index in [4.69, 9.17) is 0 Å². The number of aromatic nitrogens is 1. The van der Waals surface area contributed by atoms with E-state index in [1.807, 2.05) is 6.92 Å². The van der Waals surface area contributed by atoms with Gasteiger partial charge in [-0.05, 0) is 50.8 Å². The van der Waals surface area contributed by atoms with E-state index in [9.17, 15) is 18.0 Å². The lowest BCUT2D eigenvalue weighted by atomic mass is 10.1. The molecule has 4 rings (SSSR count). The van der Waals surface area contributed by atoms with Gasteiger partial charge in [0.1, 0.15) is 6.54 Å². The summed E-state index contributed by atoms with van der Waals surface area (Å²) in [7, 11) is -3.59. The van der Waals surface area contributed by atoms with Gasteiger partial charge in [-0.1, -0.05) is 17.8 Å². The van der Waals surface area contributed by atoms with Crippen LogP contribution in [0.5, 0.6) is 0 Å². The molecule has 1 atom stereocenters. The average Bonchev–Trinajstić information content (AvgIpc) is 3.30. The summed E-state index contributed by atoms with van der Waals surface area (Å²) in [5, 5.41) is 0. The third-order valence-corrected chi connectivity index (χ3v) is 8.69. The first-order valence-corrected chi connectivity index (χ1v) is 12.1. The summed E-state index contributed by atoms with van der Waals surface area (Å²) in [5.74, 6) is -0.0573. The van der Waals surface area contributed by atoms with Gasteiger partial charge in [0.25, 0.3) is 0 Å². The van der Waals surface area contributed by atoms with Gasteiger partial charge in [-0.2, -0.15) is 4.31 Å². The smallest absolute Gasteiger partial charge is 0.308 e. The summed E-state index contributed by atoms with van der Waals surface area (Å²) in [4.78, 5) is 26.7. The number of nitrogens with zero attached hydrogens (tertiary/aromatic N) is 3. The highest BCUT2D eigenvalue weighted by Gasteiger charge is 2.31. The van der Waals surface area contributed by atoms with Crippen molar-refractivity contribution in [2.45, 2.75) is 56.5 Å². The maximum atomic E-state index is 13.1. The Morgan fingerprint density at radius 3 is 2.57 bits per heavy atom. The fourth-order valence-electron chi connectivity index (χ4n) is 4.12. The predicted molar refractivity (Wildman–Crippen MR) is 109 cm³/mol. The monoisotopic (exact) mass is 423 g/mol. The maximum absolute atomic E-state index is 13.1. The second-order valence-corrected chi connectivity index (χ2v) is 10.5. The lowest BCUT2D eigenvalue weighted by molar-refractivity contribution is -0.130. The molecule has 2 aliphatic heterocycles. The van der Waals surface area contributed by atoms with E-state index in [1.54, 1.807) is 27.4 Å². The molecule has 1 aromatic heterocycles. The molecular formula is C19H25N3O4S2. The first-order chi connectivity index (χ1) is 13.4. The molecule has 0 aliphatic carbocycles. The van der Waals surface area contributed by atoms with Gasteiger partial charge in [0.15, 0.2) is 0 Å². The number of hydrogen-bond donors (Lipinski definition) is 0. The highest BCUT2D eigenvalue weighted by molar-refractivity contribution is 7.89. The van der Waals surface area contributed by atoms with Crippen LogP contribution < -0.4 is 4.87 Å². The number of carbonyl (C=O) groups excluding carboxylic acids is 1. The third-order valence-electron chi connectivity index (χ3n) is 5.74. The third kappa shape index (κ3) is 3.51. The first kappa shape index (κ1) is 19.6. The number of thiazole rings is 1. The van der Waals surface area contributed by atoms with E-state index in [2.05, 4.69) is 0 Å². The largest absolute Gasteiger partial charge is 0.341 e. The first-order valence-electron chi connectivity index (χ1n) is 9.81. The van der Waals surface area contributed by atoms with E-state index in [1.165, 1.54) is 4.57 Å². The Kier molecular flexibility index (Phi) is 5.32. The standard InChI is InChI=1S/C19H25N3O4S2/c1-14-6-2-3-11-22(14)28(25,26)15-7-8-16-17(12-15)27-19(24)21(16)13-18(23)20-9-4-5-10-20/h7-8,12,14H,2-6,9-11,13H2,1H3/t14-/m0/s1. The Balaban J connectivity index is 1.65. The molecule has 7 nitrogen and oxygen atoms in total. The van der Waals surface area contributed by atoms with E-state index in [0.29, 0.717) is 16.8 Å². The van der Waals surface area contributed by atoms with Crippen molar-refractivity contribution in [1.82, 2.24) is 13.8 Å². The number of hydrogen-bond acceptors (Lipinski definition) is 5. The van der Waals surface area contributed by atoms with Gasteiger partial charge in [0, 0.05) is 25.7 Å². The Hall–Kier alpha value is -1.71. The van der Waals surface area contributed by atoms with E-state index < -0.39 is 10.0 Å². The van der Waals surface area contributed by atoms with Crippen LogP contribution in [0.2, 0.25) is 0 Å². The lowest BCUT2D eigenvalue weighted by Gasteiger charge is -2.32. The lowest BCUT2D eigenvalue weighted by Crippen LogP contribution is -2.41. The van der Waals surface area contributed by atoms with Crippen LogP contribution in [0.1, 0.15) is 39.0 Å². The Bertz CT molecular complexity index is 1050. The molecule has 152 valence electrons. The van der Waals surface area contributed by atoms with Crippen LogP contribution in [-0.4, -0.2) is 53.8 Å². The van der Waals surface area contributed by atoms with Crippen molar-refractivity contribution >= 4 is 37.5 Å². The van der Waals surface area contributed by atoms with E-state index in [-0.39, 0.29) is 28.3 Å². The van der Waals surface area contributed by atoms with Crippen molar-refractivity contribution in [3.05, 3.63) is 27.9 Å². The molecule has 1 aromatic carbocycles. The van der Waals surface area contributed by atoms with Crippen LogP contribution in [0, 0.1) is 0 Å². The molecule has 0 saturated carbocycles. The van der Waals surface area contributed by atoms with Crippen molar-refractivity contribution in [2.24, 2.45) is 0 Å². The van der Waals surface area contributed by atoms with Gasteiger partial charge in [-0.3, -0.25) is 14.2 Å². The van der Waals surface area contributed by atoms with Crippen molar-refractivity contribution in [1.29, 1.82) is 0 Å². The number of carbonyl (C=O) groups is 1. The summed E-state index contributed by atoms with van der Waals surface area (Å²) in [5.41, 5.74) is 0.619. The van der Waals surface area contributed by atoms with Gasteiger partial charge in [-0.25, -0.2) is 8.42 Å². The number of piperidine rings is 1. The molecule has 0 unspecified atom stereocenters. The second kappa shape index (κ2) is 7.61. The van der Waals surface area contributed by atoms with Gasteiger partial charge in [-0.15, -0.1) is 0 Å². The minimum Gasteiger partial charge on any atom is -0.341 e. The molecule has 3 heterocycles. The van der Waals surface area contributed by atoms with E-state index >= 15 is 0 Å². The molecule has 0 bridgehead atoms. The molecule has 9 heteroatoms. The van der Waals surface area contributed by atoms with Crippen molar-refractivity contribution in [3.8, 4) is 0 Å². The Morgan fingerprint density at radius 1 is 1.14 bits per heavy atom. The summed E-state index contributed by atoms with van der Waals surface area (Å²) in [6.07, 6.45) is 4.78. The van der Waals surface area contributed by atoms with Crippen LogP contribution in [0.25, 0.3) is 10.2 Å². The van der Waals surface area contributed by atoms with Crippen molar-refractivity contribution in [3.63, 3.8) is 0 Å². The predicted octanol–water partition coefficient (Wildman–Crippen LogP) is 2.25. The Labute approximate surface area is 168 Å². The molecule has 0 radical (unpaired) electrons. The SMILES string of the molecule is C[C@H]1CCCCN1S(=O)(=O)c1ccc2c(c1)sc(=O)n2CC(=O)N1CCCC1. The van der Waals surface area contributed by atoms with Crippen LogP contribution in [0.3, 0.4) is 0 Å². The van der Waals surface area contributed by atoms with Gasteiger partial charge >= 0.3 is 4.87 Å². The fraction of sp³-hybridized carbons (Fsp3) is 0.579. The van der Waals surface area contributed by atoms with Gasteiger partial charge < -0.3 is 4.90 Å². The summed E-state index contributed by atoms with van der Waals surface area (Å²) >= 11 is 0.995. The van der Waals surface area contributed by atoms with Crippen LogP contribution >= 0.6 is 11.3 Å². The highest BCUT2D eigenvalue weighted by atomic mass is 32.2. The van der Waals surface area contributed by atoms with Crippen LogP contribution in [0.15, 0.2) is 27.9 Å². The van der Waals surface area contributed by atoms with Crippen LogP contribution in [-0.2, 0) is 21.4 Å². The number of sulfonamides is 1. The normalized spacial score (nSPS) is 21.5. The second-order valence-electron chi connectivity index (χ2n) is 7.63. The van der Waals surface area contributed by atoms with Gasteiger partial charge in [0.05, 0.1) is 15.1 Å². The zero-order valence-electron chi connectivity index (χ0n) is 16.0. The van der Waals surface area contributed by atoms with Crippen molar-refractivity contribution in [2.75, 3.05) is 19.6 Å². The molecule has 1 amide bonds. The number of amides is 1. The maximum Gasteiger partial charge on any atom is 0.308 e. The Morgan fingerprint density at radius 2 is 1.86 bits per heavy atom. The minimum atomic E-state index is -3.59. The average molecular weight is 424 g/mol. The number of likely N-dealkylation sites (tertiary alicyclic amines) is 1.